The smallest absolute Gasteiger partial charge is 0.257 e. The van der Waals surface area contributed by atoms with Crippen LogP contribution in [0.25, 0.3) is 22.2 Å². The third-order valence-corrected chi connectivity index (χ3v) is 6.21. The van der Waals surface area contributed by atoms with E-state index in [1.165, 1.54) is 4.68 Å². The van der Waals surface area contributed by atoms with Crippen LogP contribution in [0.15, 0.2) is 71.1 Å². The number of rotatable bonds is 7. The number of hydrogen-bond acceptors (Lipinski definition) is 7. The molecule has 5 aromatic rings. The van der Waals surface area contributed by atoms with Gasteiger partial charge < -0.3 is 15.8 Å². The molecule has 0 radical (unpaired) electrons. The van der Waals surface area contributed by atoms with Crippen LogP contribution in [0.4, 0.5) is 5.82 Å². The first-order valence-electron chi connectivity index (χ1n) is 10.7. The van der Waals surface area contributed by atoms with Crippen molar-refractivity contribution in [2.24, 2.45) is 5.10 Å². The van der Waals surface area contributed by atoms with E-state index in [9.17, 15) is 4.79 Å². The summed E-state index contributed by atoms with van der Waals surface area (Å²) in [5.74, 6) is 0.674. The van der Waals surface area contributed by atoms with E-state index in [1.807, 2.05) is 66.0 Å². The normalized spacial score (nSPS) is 11.4. The number of nitrogens with one attached hydrogen (secondary N) is 1. The molecule has 3 heterocycles. The van der Waals surface area contributed by atoms with Gasteiger partial charge in [0.1, 0.15) is 22.6 Å². The van der Waals surface area contributed by atoms with Gasteiger partial charge >= 0.3 is 0 Å². The lowest BCUT2D eigenvalue weighted by molar-refractivity contribution is 0.0956. The van der Waals surface area contributed by atoms with E-state index in [2.05, 4.69) is 10.4 Å². The van der Waals surface area contributed by atoms with Gasteiger partial charge in [-0.3, -0.25) is 4.79 Å². The van der Waals surface area contributed by atoms with Gasteiger partial charge in [0.2, 0.25) is 0 Å². The van der Waals surface area contributed by atoms with Gasteiger partial charge in [0.05, 0.1) is 24.4 Å². The number of benzene rings is 2. The van der Waals surface area contributed by atoms with Crippen LogP contribution in [0.2, 0.25) is 0 Å². The van der Waals surface area contributed by atoms with Gasteiger partial charge in [-0.15, -0.1) is 11.3 Å². The fraction of sp³-hybridized carbons (Fsp3) is 0.120. The fourth-order valence-electron chi connectivity index (χ4n) is 3.67. The van der Waals surface area contributed by atoms with E-state index in [1.54, 1.807) is 24.7 Å². The third-order valence-electron chi connectivity index (χ3n) is 5.40. The molecule has 0 atom stereocenters. The summed E-state index contributed by atoms with van der Waals surface area (Å²) in [6, 6.07) is 19.1. The molecule has 1 amide bonds. The van der Waals surface area contributed by atoms with Gasteiger partial charge in [0.25, 0.3) is 5.91 Å². The predicted octanol–water partition coefficient (Wildman–Crippen LogP) is 4.09. The zero-order chi connectivity index (χ0) is 23.5. The Hall–Kier alpha value is -4.24. The first kappa shape index (κ1) is 21.6. The SMILES string of the molecule is COc1ccc(CCNC(=O)c2c(N)n(/N=C/c3cccs3)c3nc4ccccc4nc23)cc1. The maximum absolute atomic E-state index is 13.2. The quantitative estimate of drug-likeness (QED) is 0.348. The molecule has 0 saturated carbocycles. The molecule has 0 unspecified atom stereocenters. The molecule has 8 nitrogen and oxygen atoms in total. The number of nitrogens with zero attached hydrogens (tertiary/aromatic N) is 4. The molecule has 0 fully saturated rings. The van der Waals surface area contributed by atoms with Crippen LogP contribution in [-0.2, 0) is 6.42 Å². The zero-order valence-corrected chi connectivity index (χ0v) is 19.2. The number of carbonyl (C=O) groups is 1. The average molecular weight is 471 g/mol. The Morgan fingerprint density at radius 2 is 1.88 bits per heavy atom. The molecule has 170 valence electrons. The highest BCUT2D eigenvalue weighted by Crippen LogP contribution is 2.28. The highest BCUT2D eigenvalue weighted by molar-refractivity contribution is 7.11. The van der Waals surface area contributed by atoms with Crippen molar-refractivity contribution >= 4 is 51.5 Å². The van der Waals surface area contributed by atoms with Crippen molar-refractivity contribution in [3.05, 3.63) is 82.0 Å². The summed E-state index contributed by atoms with van der Waals surface area (Å²) in [6.45, 7) is 0.441. The second-order valence-electron chi connectivity index (χ2n) is 7.57. The van der Waals surface area contributed by atoms with Gasteiger partial charge in [-0.1, -0.05) is 30.3 Å². The number of fused-ring (bicyclic) bond motifs is 2. The minimum absolute atomic E-state index is 0.194. The Labute approximate surface area is 199 Å². The van der Waals surface area contributed by atoms with Crippen LogP contribution >= 0.6 is 11.3 Å². The van der Waals surface area contributed by atoms with E-state index in [0.717, 1.165) is 16.2 Å². The minimum atomic E-state index is -0.314. The molecule has 0 bridgehead atoms. The summed E-state index contributed by atoms with van der Waals surface area (Å²) in [4.78, 5) is 23.6. The summed E-state index contributed by atoms with van der Waals surface area (Å²) in [5.41, 5.74) is 10.0. The Morgan fingerprint density at radius 3 is 2.59 bits per heavy atom. The highest BCUT2D eigenvalue weighted by atomic mass is 32.1. The van der Waals surface area contributed by atoms with E-state index >= 15 is 0 Å². The minimum Gasteiger partial charge on any atom is -0.497 e. The average Bonchev–Trinajstić information content (AvgIpc) is 3.47. The number of ether oxygens (including phenoxy) is 1. The van der Waals surface area contributed by atoms with E-state index in [4.69, 9.17) is 20.4 Å². The fourth-order valence-corrected chi connectivity index (χ4v) is 4.25. The largest absolute Gasteiger partial charge is 0.497 e. The van der Waals surface area contributed by atoms with E-state index in [0.29, 0.717) is 35.2 Å². The number of methoxy groups -OCH3 is 1. The van der Waals surface area contributed by atoms with Crippen LogP contribution in [0, 0.1) is 0 Å². The lowest BCUT2D eigenvalue weighted by atomic mass is 10.1. The van der Waals surface area contributed by atoms with Crippen LogP contribution in [0.5, 0.6) is 5.75 Å². The number of nitrogen functional groups attached to an aromatic ring is 1. The number of carbonyl (C=O) groups excluding carboxylic acids is 1. The standard InChI is InChI=1S/C25H22N6O2S/c1-33-17-10-8-16(9-11-17)12-13-27-25(32)21-22-24(30-20-7-3-2-6-19(20)29-22)31(23(21)26)28-15-18-5-4-14-34-18/h2-11,14-15H,12-13,26H2,1H3,(H,27,32)/b28-15+. The van der Waals surface area contributed by atoms with Gasteiger partial charge in [-0.25, -0.2) is 9.97 Å². The molecule has 0 aliphatic heterocycles. The maximum Gasteiger partial charge on any atom is 0.257 e. The first-order valence-corrected chi connectivity index (χ1v) is 11.6. The topological polar surface area (TPSA) is 107 Å². The molecule has 0 aliphatic rings. The molecule has 0 spiro atoms. The number of nitrogens with two attached hydrogens (primary N) is 1. The molecule has 34 heavy (non-hydrogen) atoms. The summed E-state index contributed by atoms with van der Waals surface area (Å²) in [7, 11) is 1.63. The van der Waals surface area contributed by atoms with E-state index in [-0.39, 0.29) is 17.3 Å². The van der Waals surface area contributed by atoms with Crippen molar-refractivity contribution in [1.82, 2.24) is 20.0 Å². The summed E-state index contributed by atoms with van der Waals surface area (Å²) in [6.07, 6.45) is 2.36. The third kappa shape index (κ3) is 4.20. The van der Waals surface area contributed by atoms with Gasteiger partial charge in [-0.2, -0.15) is 9.78 Å². The first-order chi connectivity index (χ1) is 16.6. The van der Waals surface area contributed by atoms with Crippen molar-refractivity contribution in [2.45, 2.75) is 6.42 Å². The lowest BCUT2D eigenvalue weighted by Gasteiger charge is -2.06. The number of para-hydroxylation sites is 2. The Kier molecular flexibility index (Phi) is 5.92. The van der Waals surface area contributed by atoms with Crippen LogP contribution in [0.1, 0.15) is 20.8 Å². The number of anilines is 1. The van der Waals surface area contributed by atoms with Gasteiger partial charge in [-0.05, 0) is 47.7 Å². The van der Waals surface area contributed by atoms with Crippen molar-refractivity contribution in [3.63, 3.8) is 0 Å². The molecular formula is C25H22N6O2S. The number of amides is 1. The number of aromatic nitrogens is 3. The van der Waals surface area contributed by atoms with Gasteiger partial charge in [0, 0.05) is 11.4 Å². The Bertz CT molecular complexity index is 1490. The van der Waals surface area contributed by atoms with Crippen LogP contribution in [-0.4, -0.2) is 40.4 Å². The summed E-state index contributed by atoms with van der Waals surface area (Å²) >= 11 is 1.55. The van der Waals surface area contributed by atoms with Crippen molar-refractivity contribution in [2.75, 3.05) is 19.4 Å². The molecule has 0 saturated heterocycles. The Balaban J connectivity index is 1.47. The van der Waals surface area contributed by atoms with Crippen LogP contribution in [0.3, 0.4) is 0 Å². The zero-order valence-electron chi connectivity index (χ0n) is 18.4. The predicted molar refractivity (Wildman–Crippen MR) is 136 cm³/mol. The molecule has 9 heteroatoms. The number of thiophene rings is 1. The van der Waals surface area contributed by atoms with E-state index < -0.39 is 0 Å². The summed E-state index contributed by atoms with van der Waals surface area (Å²) in [5, 5.41) is 9.44. The Morgan fingerprint density at radius 1 is 1.12 bits per heavy atom. The molecule has 2 aromatic carbocycles. The molecule has 3 N–H and O–H groups in total. The van der Waals surface area contributed by atoms with Gasteiger partial charge in [0.15, 0.2) is 5.65 Å². The molecule has 3 aromatic heterocycles. The highest BCUT2D eigenvalue weighted by Gasteiger charge is 2.24. The molecule has 0 aliphatic carbocycles. The number of hydrogen-bond donors (Lipinski definition) is 2. The summed E-state index contributed by atoms with van der Waals surface area (Å²) < 4.78 is 6.67. The lowest BCUT2D eigenvalue weighted by Crippen LogP contribution is -2.26. The van der Waals surface area contributed by atoms with Crippen molar-refractivity contribution in [3.8, 4) is 5.75 Å². The van der Waals surface area contributed by atoms with Crippen molar-refractivity contribution in [1.29, 1.82) is 0 Å². The maximum atomic E-state index is 13.2. The monoisotopic (exact) mass is 470 g/mol. The van der Waals surface area contributed by atoms with Crippen molar-refractivity contribution < 1.29 is 9.53 Å². The molecule has 5 rings (SSSR count). The second-order valence-corrected chi connectivity index (χ2v) is 8.55. The second kappa shape index (κ2) is 9.32. The van der Waals surface area contributed by atoms with Crippen LogP contribution < -0.4 is 15.8 Å². The molecular weight excluding hydrogens is 448 g/mol.